The van der Waals surface area contributed by atoms with Crippen LogP contribution in [0.4, 0.5) is 11.5 Å². The third-order valence-corrected chi connectivity index (χ3v) is 10.9. The molecule has 1 aromatic heterocycles. The molecule has 0 fully saturated rings. The number of rotatable bonds is 25. The van der Waals surface area contributed by atoms with E-state index in [1.165, 1.54) is 18.2 Å². The van der Waals surface area contributed by atoms with Crippen molar-refractivity contribution in [3.05, 3.63) is 131 Å². The van der Waals surface area contributed by atoms with Crippen LogP contribution in [0.2, 0.25) is 0 Å². The number of carbonyl (C=O) groups excluding carboxylic acids is 5. The Labute approximate surface area is 401 Å². The Morgan fingerprint density at radius 1 is 0.824 bits per heavy atom. The molecule has 356 valence electrons. The number of anilines is 1. The largest absolute Gasteiger partial charge is 0.384 e. The highest BCUT2D eigenvalue weighted by Crippen LogP contribution is 2.42. The maximum atomic E-state index is 13.3. The van der Waals surface area contributed by atoms with E-state index in [0.717, 1.165) is 71.2 Å². The van der Waals surface area contributed by atoms with Gasteiger partial charge in [-0.15, -0.1) is 0 Å². The molecule has 1 unspecified atom stereocenters. The van der Waals surface area contributed by atoms with E-state index in [2.05, 4.69) is 68.8 Å². The lowest BCUT2D eigenvalue weighted by molar-refractivity contribution is -0.121. The number of aldehydes is 3. The molecule has 4 aromatic carbocycles. The highest BCUT2D eigenvalue weighted by Gasteiger charge is 2.26. The van der Waals surface area contributed by atoms with Gasteiger partial charge in [0.05, 0.1) is 23.6 Å². The van der Waals surface area contributed by atoms with Gasteiger partial charge < -0.3 is 45.3 Å². The van der Waals surface area contributed by atoms with Gasteiger partial charge >= 0.3 is 0 Å². The van der Waals surface area contributed by atoms with E-state index >= 15 is 0 Å². The zero-order valence-corrected chi connectivity index (χ0v) is 40.1. The molecule has 0 radical (unpaired) electrons. The van der Waals surface area contributed by atoms with Crippen molar-refractivity contribution in [2.45, 2.75) is 70.4 Å². The first-order valence-corrected chi connectivity index (χ1v) is 23.1. The van der Waals surface area contributed by atoms with Gasteiger partial charge in [0.1, 0.15) is 18.4 Å². The van der Waals surface area contributed by atoms with Crippen LogP contribution < -0.4 is 16.0 Å². The summed E-state index contributed by atoms with van der Waals surface area (Å²) in [4.78, 5) is 68.2. The Kier molecular flexibility index (Phi) is 22.9. The second-order valence-corrected chi connectivity index (χ2v) is 16.4. The Bertz CT molecular complexity index is 2510. The minimum Gasteiger partial charge on any atom is -0.384 e. The fourth-order valence-corrected chi connectivity index (χ4v) is 7.55. The Morgan fingerprint density at radius 3 is 2.18 bits per heavy atom. The van der Waals surface area contributed by atoms with Crippen LogP contribution in [0.25, 0.3) is 22.4 Å². The number of hydrogen-bond donors (Lipinski definition) is 4. The summed E-state index contributed by atoms with van der Waals surface area (Å²) in [6.45, 7) is 1.63. The van der Waals surface area contributed by atoms with Crippen molar-refractivity contribution in [2.24, 2.45) is 4.99 Å². The number of unbranched alkanes of at least 4 members (excludes halogenated alkanes) is 4. The third-order valence-electron chi connectivity index (χ3n) is 10.9. The molecule has 0 aliphatic rings. The van der Waals surface area contributed by atoms with Gasteiger partial charge in [-0.25, -0.2) is 4.99 Å². The fourth-order valence-electron chi connectivity index (χ4n) is 7.55. The van der Waals surface area contributed by atoms with E-state index < -0.39 is 11.9 Å². The van der Waals surface area contributed by atoms with Crippen molar-refractivity contribution < 1.29 is 24.0 Å². The highest BCUT2D eigenvalue weighted by atomic mass is 16.2. The third kappa shape index (κ3) is 15.9. The molecular weight excluding hydrogens is 853 g/mol. The highest BCUT2D eigenvalue weighted by molar-refractivity contribution is 6.07. The Hall–Kier alpha value is -7.43. The minimum absolute atomic E-state index is 0.0132. The first-order valence-electron chi connectivity index (χ1n) is 23.1. The van der Waals surface area contributed by atoms with E-state index in [0.29, 0.717) is 62.8 Å². The maximum absolute atomic E-state index is 13.3. The van der Waals surface area contributed by atoms with E-state index in [9.17, 15) is 24.0 Å². The first-order chi connectivity index (χ1) is 33.1. The summed E-state index contributed by atoms with van der Waals surface area (Å²) in [5.41, 5.74) is 7.61. The van der Waals surface area contributed by atoms with Crippen LogP contribution in [0.1, 0.15) is 95.2 Å². The van der Waals surface area contributed by atoms with Gasteiger partial charge in [0, 0.05) is 94.2 Å². The number of benzene rings is 4. The molecule has 2 amide bonds. The van der Waals surface area contributed by atoms with Crippen LogP contribution in [0.5, 0.6) is 0 Å². The lowest BCUT2D eigenvalue weighted by atomic mass is 9.98. The van der Waals surface area contributed by atoms with Gasteiger partial charge in [0.2, 0.25) is 5.91 Å². The second kappa shape index (κ2) is 29.3. The number of carbonyl (C=O) groups is 5. The number of aromatic nitrogens is 1. The number of likely N-dealkylation sites (N-methyl/N-ethyl adjacent to an activating group) is 1. The Morgan fingerprint density at radius 2 is 1.51 bits per heavy atom. The monoisotopic (exact) mass is 919 g/mol. The van der Waals surface area contributed by atoms with Crippen LogP contribution in [-0.4, -0.2) is 112 Å². The molecule has 0 bridgehead atoms. The molecule has 1 atom stereocenters. The van der Waals surface area contributed by atoms with Gasteiger partial charge in [-0.3, -0.25) is 14.4 Å². The quantitative estimate of drug-likeness (QED) is 0.0148. The van der Waals surface area contributed by atoms with Crippen molar-refractivity contribution in [1.82, 2.24) is 25.0 Å². The summed E-state index contributed by atoms with van der Waals surface area (Å²) in [6.07, 6.45) is 10.5. The summed E-state index contributed by atoms with van der Waals surface area (Å²) >= 11 is 0. The average molecular weight is 919 g/mol. The van der Waals surface area contributed by atoms with E-state index in [1.807, 2.05) is 81.6 Å². The number of aliphatic imine (C=N–C) groups is 1. The van der Waals surface area contributed by atoms with Crippen molar-refractivity contribution in [2.75, 3.05) is 53.6 Å². The summed E-state index contributed by atoms with van der Waals surface area (Å²) in [5.74, 6) is 6.86. The molecule has 13 heteroatoms. The van der Waals surface area contributed by atoms with Crippen LogP contribution >= 0.6 is 0 Å². The van der Waals surface area contributed by atoms with Crippen LogP contribution in [0.15, 0.2) is 108 Å². The number of amides is 2. The molecule has 5 rings (SSSR count). The molecule has 5 aromatic rings. The molecule has 1 heterocycles. The van der Waals surface area contributed by atoms with E-state index in [1.54, 1.807) is 24.5 Å². The van der Waals surface area contributed by atoms with Gasteiger partial charge in [0.15, 0.2) is 6.29 Å². The van der Waals surface area contributed by atoms with Crippen molar-refractivity contribution >= 4 is 54.7 Å². The molecular formula is C55H66N8O5. The standard InChI is InChI=1S/C53H59N7O5.C2H7N/c1-58(2)39-57-52-46(35-54)49(42-23-10-6-11-24-42)51(43-25-12-7-13-26-43)60(52)36-41-22-17-21-40(34-41)20-9-4-5-14-30-48(64)56-32-16-8-15-31-55-47-29-18-27-44(37-62)50(47)53(65)59(3)45(38-63)28-19-33-61;1-3-2/h6-7,10-13,17-18,21-27,29,33-35,37-39,45,54-55H,4-5,8,14-16,19,28,30-32,36H2,1-3H3,(H,56,64);3H,1-2H3/b54-35?,57-39-;. The lowest BCUT2D eigenvalue weighted by Gasteiger charge is -2.25. The predicted octanol–water partition coefficient (Wildman–Crippen LogP) is 8.67. The smallest absolute Gasteiger partial charge is 0.257 e. The van der Waals surface area contributed by atoms with Gasteiger partial charge in [0.25, 0.3) is 5.91 Å². The summed E-state index contributed by atoms with van der Waals surface area (Å²) in [6, 6.07) is 32.8. The first kappa shape index (κ1) is 53.2. The van der Waals surface area contributed by atoms with Gasteiger partial charge in [-0.05, 0) is 87.5 Å². The molecule has 68 heavy (non-hydrogen) atoms. The molecule has 0 aliphatic carbocycles. The zero-order chi connectivity index (χ0) is 49.1. The summed E-state index contributed by atoms with van der Waals surface area (Å²) in [7, 11) is 9.10. The van der Waals surface area contributed by atoms with Crippen LogP contribution in [-0.2, 0) is 20.9 Å². The molecule has 0 saturated carbocycles. The lowest BCUT2D eigenvalue weighted by Crippen LogP contribution is -2.39. The molecule has 0 spiro atoms. The summed E-state index contributed by atoms with van der Waals surface area (Å²) in [5, 5.41) is 17.5. The van der Waals surface area contributed by atoms with Crippen molar-refractivity contribution in [1.29, 1.82) is 5.41 Å². The van der Waals surface area contributed by atoms with Gasteiger partial charge in [-0.2, -0.15) is 0 Å². The summed E-state index contributed by atoms with van der Waals surface area (Å²) < 4.78 is 2.19. The molecule has 0 saturated heterocycles. The average Bonchev–Trinajstić information content (AvgIpc) is 3.66. The SMILES string of the molecule is CN(C)/C=N\c1c(C=N)c(-c2ccccc2)c(-c2ccccc2)n1Cc1cccc(C#CCCCCC(=O)NCCCCCNc2cccc(C=O)c2C(=O)N(C)C(C=O)CCC=O)c1.CNC. The van der Waals surface area contributed by atoms with Crippen molar-refractivity contribution in [3.8, 4) is 34.2 Å². The zero-order valence-electron chi connectivity index (χ0n) is 40.1. The number of nitrogens with one attached hydrogen (secondary N) is 4. The van der Waals surface area contributed by atoms with Crippen molar-refractivity contribution in [3.63, 3.8) is 0 Å². The number of hydrogen-bond acceptors (Lipinski definition) is 9. The molecule has 4 N–H and O–H groups in total. The maximum Gasteiger partial charge on any atom is 0.257 e. The predicted molar refractivity (Wildman–Crippen MR) is 275 cm³/mol. The topological polar surface area (TPSA) is 169 Å². The second-order valence-electron chi connectivity index (χ2n) is 16.4. The van der Waals surface area contributed by atoms with E-state index in [-0.39, 0.29) is 29.9 Å². The van der Waals surface area contributed by atoms with Gasteiger partial charge in [-0.1, -0.05) is 96.8 Å². The Balaban J connectivity index is 0.00000327. The number of nitrogens with zero attached hydrogens (tertiary/aromatic N) is 4. The van der Waals surface area contributed by atoms with Crippen LogP contribution in [0.3, 0.4) is 0 Å². The normalized spacial score (nSPS) is 11.0. The molecule has 13 nitrogen and oxygen atoms in total. The minimum atomic E-state index is -0.779. The van der Waals surface area contributed by atoms with E-state index in [4.69, 9.17) is 10.4 Å². The fraction of sp³-hybridized carbons (Fsp3) is 0.327. The van der Waals surface area contributed by atoms with Crippen LogP contribution in [0, 0.1) is 17.3 Å². The molecule has 0 aliphatic heterocycles.